The maximum atomic E-state index is 4.40. The summed E-state index contributed by atoms with van der Waals surface area (Å²) in [6.45, 7) is 2.06. The van der Waals surface area contributed by atoms with E-state index in [1.165, 1.54) is 0 Å². The van der Waals surface area contributed by atoms with Crippen molar-refractivity contribution in [1.82, 2.24) is 10.3 Å². The van der Waals surface area contributed by atoms with Gasteiger partial charge in [0.15, 0.2) is 5.96 Å². The number of nitrogens with zero attached hydrogens (tertiary/aromatic N) is 2. The smallest absolute Gasteiger partial charge is 0.195 e. The topological polar surface area (TPSA) is 49.3 Å². The third kappa shape index (κ3) is 2.20. The Hall–Kier alpha value is -2.10. The van der Waals surface area contributed by atoms with E-state index in [1.807, 2.05) is 25.4 Å². The minimum absolute atomic E-state index is 0.739. The van der Waals surface area contributed by atoms with E-state index in [0.717, 1.165) is 28.1 Å². The molecule has 2 aromatic rings. The Kier molecular flexibility index (Phi) is 3.23. The number of guanidine groups is 1. The van der Waals surface area contributed by atoms with Crippen LogP contribution in [-0.4, -0.2) is 25.0 Å². The van der Waals surface area contributed by atoms with Crippen molar-refractivity contribution >= 4 is 22.5 Å². The van der Waals surface area contributed by atoms with Crippen molar-refractivity contribution in [2.45, 2.75) is 6.92 Å². The molecule has 2 N–H and O–H groups in total. The third-order valence-electron chi connectivity index (χ3n) is 2.74. The molecular weight excluding hydrogens is 212 g/mol. The summed E-state index contributed by atoms with van der Waals surface area (Å²) in [4.78, 5) is 8.50. The quantitative estimate of drug-likeness (QED) is 0.581. The maximum Gasteiger partial charge on any atom is 0.195 e. The fourth-order valence-corrected chi connectivity index (χ4v) is 1.78. The zero-order chi connectivity index (χ0) is 12.3. The molecule has 4 nitrogen and oxygen atoms in total. The van der Waals surface area contributed by atoms with Crippen LogP contribution in [0.3, 0.4) is 0 Å². The molecule has 88 valence electrons. The highest BCUT2D eigenvalue weighted by Crippen LogP contribution is 2.23. The number of nitrogens with one attached hydrogen (secondary N) is 2. The number of benzene rings is 1. The number of aliphatic imine (C=N–C) groups is 1. The lowest BCUT2D eigenvalue weighted by molar-refractivity contribution is 1.14. The van der Waals surface area contributed by atoms with Crippen molar-refractivity contribution in [2.24, 2.45) is 4.99 Å². The summed E-state index contributed by atoms with van der Waals surface area (Å²) in [7, 11) is 3.58. The molecule has 17 heavy (non-hydrogen) atoms. The summed E-state index contributed by atoms with van der Waals surface area (Å²) >= 11 is 0. The predicted octanol–water partition coefficient (Wildman–Crippen LogP) is 2.16. The number of anilines is 1. The molecule has 0 aliphatic carbocycles. The van der Waals surface area contributed by atoms with Crippen molar-refractivity contribution in [2.75, 3.05) is 19.4 Å². The van der Waals surface area contributed by atoms with Crippen LogP contribution in [0.4, 0.5) is 5.69 Å². The second-order valence-corrected chi connectivity index (χ2v) is 3.76. The van der Waals surface area contributed by atoms with Crippen LogP contribution in [-0.2, 0) is 0 Å². The molecule has 0 amide bonds. The Balaban J connectivity index is 2.46. The van der Waals surface area contributed by atoms with Crippen LogP contribution in [0, 0.1) is 6.92 Å². The number of aromatic nitrogens is 1. The molecule has 0 aliphatic heterocycles. The van der Waals surface area contributed by atoms with Gasteiger partial charge in [-0.3, -0.25) is 9.98 Å². The van der Waals surface area contributed by atoms with Crippen molar-refractivity contribution in [3.05, 3.63) is 36.0 Å². The summed E-state index contributed by atoms with van der Waals surface area (Å²) < 4.78 is 0. The van der Waals surface area contributed by atoms with Gasteiger partial charge in [0.2, 0.25) is 0 Å². The molecule has 0 spiro atoms. The van der Waals surface area contributed by atoms with E-state index in [0.29, 0.717) is 0 Å². The van der Waals surface area contributed by atoms with Gasteiger partial charge >= 0.3 is 0 Å². The van der Waals surface area contributed by atoms with E-state index in [-0.39, 0.29) is 0 Å². The fraction of sp³-hybridized carbons (Fsp3) is 0.231. The van der Waals surface area contributed by atoms with Crippen molar-refractivity contribution in [3.63, 3.8) is 0 Å². The van der Waals surface area contributed by atoms with Crippen LogP contribution >= 0.6 is 0 Å². The van der Waals surface area contributed by atoms with Gasteiger partial charge in [-0.15, -0.1) is 0 Å². The Morgan fingerprint density at radius 3 is 2.82 bits per heavy atom. The van der Waals surface area contributed by atoms with Gasteiger partial charge in [0, 0.05) is 31.4 Å². The predicted molar refractivity (Wildman–Crippen MR) is 72.5 cm³/mol. The number of fused-ring (bicyclic) bond motifs is 1. The molecule has 0 fully saturated rings. The first kappa shape index (κ1) is 11.4. The zero-order valence-corrected chi connectivity index (χ0v) is 10.3. The lowest BCUT2D eigenvalue weighted by Gasteiger charge is -2.12. The van der Waals surface area contributed by atoms with E-state index in [1.54, 1.807) is 7.05 Å². The van der Waals surface area contributed by atoms with E-state index in [4.69, 9.17) is 0 Å². The molecule has 0 radical (unpaired) electrons. The Morgan fingerprint density at radius 1 is 1.29 bits per heavy atom. The van der Waals surface area contributed by atoms with Crippen LogP contribution in [0.15, 0.2) is 35.5 Å². The molecule has 0 unspecified atom stereocenters. The van der Waals surface area contributed by atoms with Crippen LogP contribution in [0.5, 0.6) is 0 Å². The second kappa shape index (κ2) is 4.82. The number of aryl methyl sites for hydroxylation is 1. The van der Waals surface area contributed by atoms with Crippen LogP contribution < -0.4 is 10.6 Å². The molecule has 4 heteroatoms. The lowest BCUT2D eigenvalue weighted by Crippen LogP contribution is -2.27. The van der Waals surface area contributed by atoms with Gasteiger partial charge in [0.25, 0.3) is 0 Å². The number of hydrogen-bond donors (Lipinski definition) is 2. The van der Waals surface area contributed by atoms with Crippen LogP contribution in [0.25, 0.3) is 10.9 Å². The SMILES string of the molecule is CN=C(NC)Nc1ccc2cccnc2c1C. The number of rotatable bonds is 1. The summed E-state index contributed by atoms with van der Waals surface area (Å²) in [6, 6.07) is 8.11. The largest absolute Gasteiger partial charge is 0.359 e. The highest BCUT2D eigenvalue weighted by Gasteiger charge is 2.05. The van der Waals surface area contributed by atoms with Crippen molar-refractivity contribution in [3.8, 4) is 0 Å². The molecule has 0 saturated carbocycles. The minimum Gasteiger partial charge on any atom is -0.359 e. The van der Waals surface area contributed by atoms with Crippen molar-refractivity contribution < 1.29 is 0 Å². The first-order valence-corrected chi connectivity index (χ1v) is 5.52. The fourth-order valence-electron chi connectivity index (χ4n) is 1.78. The van der Waals surface area contributed by atoms with Gasteiger partial charge in [-0.25, -0.2) is 0 Å². The van der Waals surface area contributed by atoms with Gasteiger partial charge in [-0.1, -0.05) is 12.1 Å². The Morgan fingerprint density at radius 2 is 2.12 bits per heavy atom. The van der Waals surface area contributed by atoms with E-state index < -0.39 is 0 Å². The monoisotopic (exact) mass is 228 g/mol. The highest BCUT2D eigenvalue weighted by atomic mass is 15.2. The van der Waals surface area contributed by atoms with Gasteiger partial charge in [0.05, 0.1) is 5.52 Å². The Labute approximate surface area is 101 Å². The average molecular weight is 228 g/mol. The molecule has 0 saturated heterocycles. The van der Waals surface area contributed by atoms with E-state index in [9.17, 15) is 0 Å². The molecule has 0 aliphatic rings. The van der Waals surface area contributed by atoms with Gasteiger partial charge in [0.1, 0.15) is 0 Å². The molecule has 0 bridgehead atoms. The first-order chi connectivity index (χ1) is 8.26. The number of hydrogen-bond acceptors (Lipinski definition) is 2. The van der Waals surface area contributed by atoms with Gasteiger partial charge in [-0.2, -0.15) is 0 Å². The summed E-state index contributed by atoms with van der Waals surface area (Å²) in [6.07, 6.45) is 1.81. The highest BCUT2D eigenvalue weighted by molar-refractivity contribution is 5.97. The summed E-state index contributed by atoms with van der Waals surface area (Å²) in [5.74, 6) is 0.739. The minimum atomic E-state index is 0.739. The summed E-state index contributed by atoms with van der Waals surface area (Å²) in [5, 5.41) is 7.38. The van der Waals surface area contributed by atoms with Crippen LogP contribution in [0.2, 0.25) is 0 Å². The zero-order valence-electron chi connectivity index (χ0n) is 10.3. The van der Waals surface area contributed by atoms with Gasteiger partial charge < -0.3 is 10.6 Å². The number of pyridine rings is 1. The Bertz CT molecular complexity index is 560. The second-order valence-electron chi connectivity index (χ2n) is 3.76. The third-order valence-corrected chi connectivity index (χ3v) is 2.74. The molecule has 1 aromatic carbocycles. The molecule has 1 heterocycles. The normalized spacial score (nSPS) is 11.6. The molecule has 2 rings (SSSR count). The molecular formula is C13H16N4. The standard InChI is InChI=1S/C13H16N4/c1-9-11(17-13(14-2)15-3)7-6-10-5-4-8-16-12(9)10/h4-8H,1-3H3,(H2,14,15,17). The lowest BCUT2D eigenvalue weighted by atomic mass is 10.1. The van der Waals surface area contributed by atoms with Gasteiger partial charge in [-0.05, 0) is 24.6 Å². The first-order valence-electron chi connectivity index (χ1n) is 5.52. The summed E-state index contributed by atoms with van der Waals surface area (Å²) in [5.41, 5.74) is 3.16. The van der Waals surface area contributed by atoms with E-state index >= 15 is 0 Å². The maximum absolute atomic E-state index is 4.40. The average Bonchev–Trinajstić information content (AvgIpc) is 2.38. The van der Waals surface area contributed by atoms with Crippen molar-refractivity contribution in [1.29, 1.82) is 0 Å². The van der Waals surface area contributed by atoms with E-state index in [2.05, 4.69) is 39.7 Å². The van der Waals surface area contributed by atoms with Crippen LogP contribution in [0.1, 0.15) is 5.56 Å². The molecule has 0 atom stereocenters. The molecule has 1 aromatic heterocycles.